The highest BCUT2D eigenvalue weighted by Crippen LogP contribution is 2.19. The smallest absolute Gasteiger partial charge is 0.317 e. The number of nitrogens with zero attached hydrogens (tertiary/aromatic N) is 3. The van der Waals surface area contributed by atoms with Gasteiger partial charge in [-0.2, -0.15) is 0 Å². The van der Waals surface area contributed by atoms with Gasteiger partial charge in [0.1, 0.15) is 0 Å². The average molecular weight is 338 g/mol. The Hall–Kier alpha value is -1.18. The molecule has 1 N–H and O–H groups in total. The second-order valence-corrected chi connectivity index (χ2v) is 7.33. The lowest BCUT2D eigenvalue weighted by atomic mass is 9.97. The highest BCUT2D eigenvalue weighted by atomic mass is 32.1. The highest BCUT2D eigenvalue weighted by Gasteiger charge is 2.25. The maximum Gasteiger partial charge on any atom is 0.317 e. The van der Waals surface area contributed by atoms with E-state index in [1.165, 1.54) is 6.42 Å². The normalized spacial score (nSPS) is 23.0. The number of carbonyl (C=O) groups excluding carboxylic acids is 1. The van der Waals surface area contributed by atoms with Crippen molar-refractivity contribution in [1.82, 2.24) is 20.1 Å². The molecular weight excluding hydrogens is 312 g/mol. The summed E-state index contributed by atoms with van der Waals surface area (Å²) in [6.45, 7) is 9.10. The minimum Gasteiger partial charge on any atom is -0.379 e. The van der Waals surface area contributed by atoms with Crippen LogP contribution in [-0.4, -0.2) is 66.8 Å². The Balaban J connectivity index is 1.45. The SMILES string of the molecule is Cc1ncsc1CNC(=O)N1CCC[C@@H](CN2CCOCC2)C1. The number of morpholine rings is 1. The van der Waals surface area contributed by atoms with Crippen molar-refractivity contribution in [3.05, 3.63) is 16.1 Å². The predicted molar refractivity (Wildman–Crippen MR) is 90.6 cm³/mol. The first-order chi connectivity index (χ1) is 11.2. The van der Waals surface area contributed by atoms with E-state index in [4.69, 9.17) is 4.74 Å². The van der Waals surface area contributed by atoms with Crippen molar-refractivity contribution in [2.24, 2.45) is 5.92 Å². The zero-order chi connectivity index (χ0) is 16.1. The van der Waals surface area contributed by atoms with Gasteiger partial charge in [-0.15, -0.1) is 11.3 Å². The molecule has 2 aliphatic heterocycles. The molecular formula is C16H26N4O2S. The van der Waals surface area contributed by atoms with Gasteiger partial charge in [0, 0.05) is 37.6 Å². The predicted octanol–water partition coefficient (Wildman–Crippen LogP) is 1.71. The summed E-state index contributed by atoms with van der Waals surface area (Å²) in [4.78, 5) is 22.2. The third kappa shape index (κ3) is 4.65. The van der Waals surface area contributed by atoms with Gasteiger partial charge in [0.15, 0.2) is 0 Å². The van der Waals surface area contributed by atoms with E-state index in [2.05, 4.69) is 15.2 Å². The Morgan fingerprint density at radius 3 is 3.00 bits per heavy atom. The van der Waals surface area contributed by atoms with E-state index in [1.807, 2.05) is 17.3 Å². The van der Waals surface area contributed by atoms with Crippen LogP contribution in [0.1, 0.15) is 23.4 Å². The molecule has 0 saturated carbocycles. The standard InChI is InChI=1S/C16H26N4O2S/c1-13-15(23-12-18-13)9-17-16(21)20-4-2-3-14(11-20)10-19-5-7-22-8-6-19/h12,14H,2-11H2,1H3,(H,17,21)/t14-/m0/s1. The molecule has 3 rings (SSSR count). The quantitative estimate of drug-likeness (QED) is 0.908. The Bertz CT molecular complexity index is 516. The topological polar surface area (TPSA) is 57.7 Å². The van der Waals surface area contributed by atoms with Gasteiger partial charge in [-0.3, -0.25) is 4.90 Å². The van der Waals surface area contributed by atoms with Crippen molar-refractivity contribution in [1.29, 1.82) is 0 Å². The molecule has 7 heteroatoms. The van der Waals surface area contributed by atoms with Gasteiger partial charge in [0.25, 0.3) is 0 Å². The number of amides is 2. The lowest BCUT2D eigenvalue weighted by molar-refractivity contribution is 0.0249. The van der Waals surface area contributed by atoms with Crippen molar-refractivity contribution < 1.29 is 9.53 Å². The van der Waals surface area contributed by atoms with E-state index >= 15 is 0 Å². The summed E-state index contributed by atoms with van der Waals surface area (Å²) >= 11 is 1.60. The van der Waals surface area contributed by atoms with Crippen LogP contribution in [0.25, 0.3) is 0 Å². The molecule has 0 spiro atoms. The number of carbonyl (C=O) groups is 1. The molecule has 23 heavy (non-hydrogen) atoms. The van der Waals surface area contributed by atoms with Gasteiger partial charge >= 0.3 is 6.03 Å². The summed E-state index contributed by atoms with van der Waals surface area (Å²) in [5, 5.41) is 3.04. The van der Waals surface area contributed by atoms with Crippen molar-refractivity contribution in [3.63, 3.8) is 0 Å². The van der Waals surface area contributed by atoms with Crippen LogP contribution < -0.4 is 5.32 Å². The number of rotatable bonds is 4. The van der Waals surface area contributed by atoms with E-state index < -0.39 is 0 Å². The molecule has 1 aromatic heterocycles. The van der Waals surface area contributed by atoms with Gasteiger partial charge in [0.05, 0.1) is 31.0 Å². The third-order valence-electron chi connectivity index (χ3n) is 4.67. The molecule has 128 valence electrons. The summed E-state index contributed by atoms with van der Waals surface area (Å²) in [7, 11) is 0. The number of thiazole rings is 1. The minimum absolute atomic E-state index is 0.0597. The van der Waals surface area contributed by atoms with Crippen LogP contribution in [0.15, 0.2) is 5.51 Å². The van der Waals surface area contributed by atoms with E-state index in [0.717, 1.165) is 62.9 Å². The number of hydrogen-bond acceptors (Lipinski definition) is 5. The Morgan fingerprint density at radius 1 is 1.43 bits per heavy atom. The van der Waals surface area contributed by atoms with E-state index in [9.17, 15) is 4.79 Å². The number of likely N-dealkylation sites (tertiary alicyclic amines) is 1. The molecule has 2 saturated heterocycles. The van der Waals surface area contributed by atoms with Gasteiger partial charge in [-0.1, -0.05) is 0 Å². The van der Waals surface area contributed by atoms with Crippen molar-refractivity contribution in [3.8, 4) is 0 Å². The van der Waals surface area contributed by atoms with Crippen LogP contribution >= 0.6 is 11.3 Å². The molecule has 2 amide bonds. The Kier molecular flexibility index (Phi) is 5.85. The molecule has 1 atom stereocenters. The third-order valence-corrected chi connectivity index (χ3v) is 5.61. The maximum absolute atomic E-state index is 12.4. The number of urea groups is 1. The highest BCUT2D eigenvalue weighted by molar-refractivity contribution is 7.09. The monoisotopic (exact) mass is 338 g/mol. The first-order valence-electron chi connectivity index (χ1n) is 8.44. The van der Waals surface area contributed by atoms with Crippen molar-refractivity contribution in [2.45, 2.75) is 26.3 Å². The summed E-state index contributed by atoms with van der Waals surface area (Å²) in [6, 6.07) is 0.0597. The molecule has 0 bridgehead atoms. The number of ether oxygens (including phenoxy) is 1. The summed E-state index contributed by atoms with van der Waals surface area (Å²) in [5.41, 5.74) is 2.84. The summed E-state index contributed by atoms with van der Waals surface area (Å²) in [5.74, 6) is 0.581. The second-order valence-electron chi connectivity index (χ2n) is 6.39. The van der Waals surface area contributed by atoms with Crippen LogP contribution in [0.3, 0.4) is 0 Å². The van der Waals surface area contributed by atoms with Gasteiger partial charge in [-0.05, 0) is 25.7 Å². The lowest BCUT2D eigenvalue weighted by Gasteiger charge is -2.36. The molecule has 0 radical (unpaired) electrons. The van der Waals surface area contributed by atoms with Gasteiger partial charge in [-0.25, -0.2) is 9.78 Å². The zero-order valence-electron chi connectivity index (χ0n) is 13.8. The fourth-order valence-corrected chi connectivity index (χ4v) is 4.03. The Morgan fingerprint density at radius 2 is 2.26 bits per heavy atom. The van der Waals surface area contributed by atoms with Crippen LogP contribution in [0.4, 0.5) is 4.79 Å². The van der Waals surface area contributed by atoms with Crippen molar-refractivity contribution in [2.75, 3.05) is 45.9 Å². The largest absolute Gasteiger partial charge is 0.379 e. The zero-order valence-corrected chi connectivity index (χ0v) is 14.6. The molecule has 6 nitrogen and oxygen atoms in total. The molecule has 3 heterocycles. The maximum atomic E-state index is 12.4. The molecule has 1 aromatic rings. The van der Waals surface area contributed by atoms with E-state index in [0.29, 0.717) is 12.5 Å². The molecule has 2 fully saturated rings. The number of hydrogen-bond donors (Lipinski definition) is 1. The summed E-state index contributed by atoms with van der Waals surface area (Å²) in [6.07, 6.45) is 2.32. The van der Waals surface area contributed by atoms with E-state index in [1.54, 1.807) is 11.3 Å². The van der Waals surface area contributed by atoms with Crippen molar-refractivity contribution >= 4 is 17.4 Å². The van der Waals surface area contributed by atoms with Gasteiger partial charge in [0.2, 0.25) is 0 Å². The number of aromatic nitrogens is 1. The first-order valence-corrected chi connectivity index (χ1v) is 9.32. The summed E-state index contributed by atoms with van der Waals surface area (Å²) < 4.78 is 5.40. The average Bonchev–Trinajstić information content (AvgIpc) is 2.99. The molecule has 0 aliphatic carbocycles. The number of piperidine rings is 1. The number of aryl methyl sites for hydroxylation is 1. The number of nitrogens with one attached hydrogen (secondary N) is 1. The molecule has 0 aromatic carbocycles. The fourth-order valence-electron chi connectivity index (χ4n) is 3.31. The second kappa shape index (κ2) is 8.08. The lowest BCUT2D eigenvalue weighted by Crippen LogP contribution is -2.48. The first kappa shape index (κ1) is 16.7. The minimum atomic E-state index is 0.0597. The molecule has 0 unspecified atom stereocenters. The molecule has 2 aliphatic rings. The Labute approximate surface area is 141 Å². The van der Waals surface area contributed by atoms with Gasteiger partial charge < -0.3 is 15.0 Å². The van der Waals surface area contributed by atoms with Crippen LogP contribution in [-0.2, 0) is 11.3 Å². The van der Waals surface area contributed by atoms with Crippen LogP contribution in [0.5, 0.6) is 0 Å². The van der Waals surface area contributed by atoms with E-state index in [-0.39, 0.29) is 6.03 Å². The fraction of sp³-hybridized carbons (Fsp3) is 0.750. The van der Waals surface area contributed by atoms with Crippen LogP contribution in [0.2, 0.25) is 0 Å². The van der Waals surface area contributed by atoms with Crippen LogP contribution in [0, 0.1) is 12.8 Å².